The second kappa shape index (κ2) is 9.69. The maximum Gasteiger partial charge on any atom is 0.347 e. The summed E-state index contributed by atoms with van der Waals surface area (Å²) >= 11 is 0. The van der Waals surface area contributed by atoms with Crippen molar-refractivity contribution in [3.63, 3.8) is 0 Å². The van der Waals surface area contributed by atoms with Gasteiger partial charge in [-0.25, -0.2) is 9.78 Å². The van der Waals surface area contributed by atoms with Gasteiger partial charge in [-0.15, -0.1) is 0 Å². The summed E-state index contributed by atoms with van der Waals surface area (Å²) in [5.41, 5.74) is 1.65. The molecule has 0 bridgehead atoms. The van der Waals surface area contributed by atoms with Crippen LogP contribution in [0.3, 0.4) is 0 Å². The average Bonchev–Trinajstić information content (AvgIpc) is 3.30. The molecule has 166 valence electrons. The highest BCUT2D eigenvalue weighted by Crippen LogP contribution is 2.29. The normalized spacial score (nSPS) is 15.8. The lowest BCUT2D eigenvalue weighted by molar-refractivity contribution is -0.130. The second-order valence-corrected chi connectivity index (χ2v) is 7.72. The van der Waals surface area contributed by atoms with Crippen molar-refractivity contribution in [1.29, 1.82) is 0 Å². The van der Waals surface area contributed by atoms with Gasteiger partial charge in [0.15, 0.2) is 0 Å². The molecular formula is C23H25N5O4. The summed E-state index contributed by atoms with van der Waals surface area (Å²) in [5.74, 6) is -0.301. The Labute approximate surface area is 185 Å². The van der Waals surface area contributed by atoms with E-state index >= 15 is 0 Å². The summed E-state index contributed by atoms with van der Waals surface area (Å²) in [5, 5.41) is 3.66. The Morgan fingerprint density at radius 3 is 2.91 bits per heavy atom. The van der Waals surface area contributed by atoms with E-state index in [0.717, 1.165) is 23.0 Å². The van der Waals surface area contributed by atoms with Gasteiger partial charge in [-0.2, -0.15) is 0 Å². The second-order valence-electron chi connectivity index (χ2n) is 7.72. The molecule has 4 rings (SSSR count). The van der Waals surface area contributed by atoms with E-state index < -0.39 is 5.69 Å². The van der Waals surface area contributed by atoms with Crippen molar-refractivity contribution in [3.8, 4) is 0 Å². The van der Waals surface area contributed by atoms with Crippen LogP contribution in [0.2, 0.25) is 0 Å². The Morgan fingerprint density at radius 1 is 1.25 bits per heavy atom. The van der Waals surface area contributed by atoms with E-state index in [4.69, 9.17) is 9.72 Å². The quantitative estimate of drug-likeness (QED) is 0.559. The number of carbonyl (C=O) groups is 2. The van der Waals surface area contributed by atoms with Crippen LogP contribution in [0.1, 0.15) is 28.4 Å². The Hall–Kier alpha value is -3.59. The Balaban J connectivity index is 1.53. The molecule has 1 aliphatic heterocycles. The summed E-state index contributed by atoms with van der Waals surface area (Å²) in [7, 11) is 1.59. The van der Waals surface area contributed by atoms with Crippen LogP contribution in [-0.4, -0.2) is 64.6 Å². The van der Waals surface area contributed by atoms with E-state index in [1.54, 1.807) is 24.3 Å². The lowest BCUT2D eigenvalue weighted by Crippen LogP contribution is -2.35. The lowest BCUT2D eigenvalue weighted by atomic mass is 9.99. The third kappa shape index (κ3) is 4.67. The van der Waals surface area contributed by atoms with E-state index in [1.807, 2.05) is 30.3 Å². The van der Waals surface area contributed by atoms with E-state index in [-0.39, 0.29) is 24.3 Å². The number of rotatable bonds is 7. The summed E-state index contributed by atoms with van der Waals surface area (Å²) in [4.78, 5) is 47.5. The topological polar surface area (TPSA) is 106 Å². The number of pyridine rings is 1. The molecule has 0 radical (unpaired) electrons. The number of nitrogens with zero attached hydrogens (tertiary/aromatic N) is 4. The largest absolute Gasteiger partial charge is 0.383 e. The standard InChI is InChI=1S/C23H25N5O4/c1-32-12-9-24-22(30)18-13-20(26-19-6-3-2-5-17(18)19)16-7-11-27(14-16)21(29)15-28-10-4-8-25-23(28)31/h2-6,8,10,13,16H,7,9,11-12,14-15H2,1H3,(H,24,30). The van der Waals surface area contributed by atoms with Gasteiger partial charge in [-0.05, 0) is 24.6 Å². The Morgan fingerprint density at radius 2 is 2.09 bits per heavy atom. The minimum atomic E-state index is -0.447. The maximum absolute atomic E-state index is 12.8. The number of nitrogens with one attached hydrogen (secondary N) is 1. The van der Waals surface area contributed by atoms with Crippen molar-refractivity contribution in [3.05, 3.63) is 70.5 Å². The van der Waals surface area contributed by atoms with Crippen molar-refractivity contribution >= 4 is 22.7 Å². The molecule has 3 aromatic rings. The van der Waals surface area contributed by atoms with Crippen LogP contribution in [-0.2, 0) is 16.1 Å². The van der Waals surface area contributed by atoms with E-state index in [0.29, 0.717) is 31.8 Å². The number of fused-ring (bicyclic) bond motifs is 1. The first kappa shape index (κ1) is 21.6. The van der Waals surface area contributed by atoms with Crippen LogP contribution < -0.4 is 11.0 Å². The molecule has 1 unspecified atom stereocenters. The van der Waals surface area contributed by atoms with Crippen LogP contribution >= 0.6 is 0 Å². The van der Waals surface area contributed by atoms with Gasteiger partial charge >= 0.3 is 5.69 Å². The van der Waals surface area contributed by atoms with Gasteiger partial charge in [0.05, 0.1) is 17.7 Å². The zero-order valence-electron chi connectivity index (χ0n) is 17.9. The molecule has 3 heterocycles. The molecule has 0 spiro atoms. The molecular weight excluding hydrogens is 410 g/mol. The number of carbonyl (C=O) groups excluding carboxylic acids is 2. The first-order valence-electron chi connectivity index (χ1n) is 10.5. The fourth-order valence-electron chi connectivity index (χ4n) is 3.94. The van der Waals surface area contributed by atoms with Crippen molar-refractivity contribution < 1.29 is 14.3 Å². The van der Waals surface area contributed by atoms with Crippen molar-refractivity contribution in [2.24, 2.45) is 0 Å². The van der Waals surface area contributed by atoms with Crippen LogP contribution in [0.5, 0.6) is 0 Å². The molecule has 2 amide bonds. The molecule has 1 N–H and O–H groups in total. The van der Waals surface area contributed by atoms with E-state index in [1.165, 1.54) is 10.8 Å². The molecule has 2 aromatic heterocycles. The molecule has 1 fully saturated rings. The van der Waals surface area contributed by atoms with Gasteiger partial charge in [0.25, 0.3) is 5.91 Å². The smallest absolute Gasteiger partial charge is 0.347 e. The number of aromatic nitrogens is 3. The number of amides is 2. The lowest BCUT2D eigenvalue weighted by Gasteiger charge is -2.18. The zero-order valence-corrected chi connectivity index (χ0v) is 17.9. The van der Waals surface area contributed by atoms with Crippen LogP contribution in [0.25, 0.3) is 10.9 Å². The molecule has 32 heavy (non-hydrogen) atoms. The van der Waals surface area contributed by atoms with Gasteiger partial charge in [0.1, 0.15) is 6.54 Å². The van der Waals surface area contributed by atoms with Crippen molar-refractivity contribution in [2.75, 3.05) is 33.4 Å². The summed E-state index contributed by atoms with van der Waals surface area (Å²) < 4.78 is 6.31. The monoisotopic (exact) mass is 435 g/mol. The predicted molar refractivity (Wildman–Crippen MR) is 118 cm³/mol. The number of methoxy groups -OCH3 is 1. The van der Waals surface area contributed by atoms with Gasteiger partial charge < -0.3 is 15.0 Å². The summed E-state index contributed by atoms with van der Waals surface area (Å²) in [6.07, 6.45) is 3.70. The highest BCUT2D eigenvalue weighted by atomic mass is 16.5. The molecule has 1 saturated heterocycles. The molecule has 1 aliphatic rings. The molecule has 9 heteroatoms. The predicted octanol–water partition coefficient (Wildman–Crippen LogP) is 1.18. The Bertz CT molecular complexity index is 1190. The van der Waals surface area contributed by atoms with Crippen molar-refractivity contribution in [2.45, 2.75) is 18.9 Å². The molecule has 0 aliphatic carbocycles. The molecule has 1 aromatic carbocycles. The van der Waals surface area contributed by atoms with Gasteiger partial charge in [-0.1, -0.05) is 18.2 Å². The van der Waals surface area contributed by atoms with Crippen LogP contribution in [0.4, 0.5) is 0 Å². The van der Waals surface area contributed by atoms with E-state index in [2.05, 4.69) is 10.3 Å². The number of para-hydroxylation sites is 1. The minimum Gasteiger partial charge on any atom is -0.383 e. The first-order valence-corrected chi connectivity index (χ1v) is 10.5. The first-order chi connectivity index (χ1) is 15.6. The highest BCUT2D eigenvalue weighted by Gasteiger charge is 2.29. The van der Waals surface area contributed by atoms with Crippen LogP contribution in [0.15, 0.2) is 53.6 Å². The highest BCUT2D eigenvalue weighted by molar-refractivity contribution is 6.06. The third-order valence-corrected chi connectivity index (χ3v) is 5.62. The summed E-state index contributed by atoms with van der Waals surface area (Å²) in [6, 6.07) is 11.0. The molecule has 0 saturated carbocycles. The fourth-order valence-corrected chi connectivity index (χ4v) is 3.94. The SMILES string of the molecule is COCCNC(=O)c1cc(C2CCN(C(=O)Cn3cccnc3=O)C2)nc2ccccc12. The van der Waals surface area contributed by atoms with Crippen LogP contribution in [0, 0.1) is 0 Å². The fraction of sp³-hybridized carbons (Fsp3) is 0.348. The molecule has 9 nitrogen and oxygen atoms in total. The molecule has 1 atom stereocenters. The maximum atomic E-state index is 12.8. The number of benzene rings is 1. The van der Waals surface area contributed by atoms with Crippen molar-refractivity contribution in [1.82, 2.24) is 24.8 Å². The third-order valence-electron chi connectivity index (χ3n) is 5.62. The summed E-state index contributed by atoms with van der Waals surface area (Å²) in [6.45, 7) is 1.87. The Kier molecular flexibility index (Phi) is 6.55. The number of hydrogen-bond acceptors (Lipinski definition) is 6. The number of ether oxygens (including phenoxy) is 1. The van der Waals surface area contributed by atoms with Gasteiger partial charge in [-0.3, -0.25) is 19.1 Å². The minimum absolute atomic E-state index is 0.0136. The van der Waals surface area contributed by atoms with Gasteiger partial charge in [0.2, 0.25) is 5.91 Å². The van der Waals surface area contributed by atoms with E-state index in [9.17, 15) is 14.4 Å². The number of likely N-dealkylation sites (tertiary alicyclic amines) is 1. The average molecular weight is 435 g/mol. The zero-order chi connectivity index (χ0) is 22.5. The van der Waals surface area contributed by atoms with Gasteiger partial charge in [0, 0.05) is 56.1 Å². The number of hydrogen-bond donors (Lipinski definition) is 1.